The van der Waals surface area contributed by atoms with Crippen molar-refractivity contribution in [1.29, 1.82) is 0 Å². The highest BCUT2D eigenvalue weighted by atomic mass is 16.5. The first-order valence-corrected chi connectivity index (χ1v) is 15.0. The number of carbonyl (C=O) groups excluding carboxylic acids is 1. The summed E-state index contributed by atoms with van der Waals surface area (Å²) in [4.78, 5) is 30.1. The average molecular weight is 557 g/mol. The molecule has 3 aromatic rings. The molecule has 0 radical (unpaired) electrons. The van der Waals surface area contributed by atoms with E-state index in [9.17, 15) is 4.79 Å². The zero-order chi connectivity index (χ0) is 28.9. The minimum absolute atomic E-state index is 0.109. The van der Waals surface area contributed by atoms with Gasteiger partial charge in [-0.3, -0.25) is 4.79 Å². The van der Waals surface area contributed by atoms with Crippen molar-refractivity contribution in [2.75, 3.05) is 68.5 Å². The second kappa shape index (κ2) is 13.0. The van der Waals surface area contributed by atoms with Gasteiger partial charge >= 0.3 is 0 Å². The topological polar surface area (TPSA) is 87.8 Å². The van der Waals surface area contributed by atoms with Crippen LogP contribution in [-0.4, -0.2) is 79.7 Å². The van der Waals surface area contributed by atoms with E-state index in [1.54, 1.807) is 0 Å². The van der Waals surface area contributed by atoms with E-state index in [1.165, 1.54) is 0 Å². The van der Waals surface area contributed by atoms with Crippen LogP contribution in [0.4, 0.5) is 17.3 Å². The maximum absolute atomic E-state index is 13.7. The van der Waals surface area contributed by atoms with Gasteiger partial charge in [-0.05, 0) is 100 Å². The van der Waals surface area contributed by atoms with Gasteiger partial charge in [-0.25, -0.2) is 9.97 Å². The van der Waals surface area contributed by atoms with Gasteiger partial charge in [0, 0.05) is 87.1 Å². The zero-order valence-corrected chi connectivity index (χ0v) is 25.0. The Kier molecular flexibility index (Phi) is 9.20. The van der Waals surface area contributed by atoms with Gasteiger partial charge in [0.1, 0.15) is 11.6 Å². The van der Waals surface area contributed by atoms with Crippen LogP contribution < -0.4 is 15.5 Å². The summed E-state index contributed by atoms with van der Waals surface area (Å²) < 4.78 is 5.64. The number of anilines is 3. The van der Waals surface area contributed by atoms with Crippen LogP contribution in [-0.2, 0) is 11.2 Å². The zero-order valence-electron chi connectivity index (χ0n) is 25.0. The molecular weight excluding hydrogens is 512 g/mol. The van der Waals surface area contributed by atoms with Crippen LogP contribution in [0.2, 0.25) is 0 Å². The van der Waals surface area contributed by atoms with Crippen LogP contribution in [0.25, 0.3) is 11.1 Å². The maximum Gasteiger partial charge on any atom is 0.163 e. The first kappa shape index (κ1) is 29.0. The fourth-order valence-corrected chi connectivity index (χ4v) is 6.13. The van der Waals surface area contributed by atoms with Crippen LogP contribution in [0.3, 0.4) is 0 Å². The molecule has 0 amide bonds. The molecule has 218 valence electrons. The lowest BCUT2D eigenvalue weighted by molar-refractivity contribution is 0.0846. The van der Waals surface area contributed by atoms with E-state index in [-0.39, 0.29) is 5.78 Å². The summed E-state index contributed by atoms with van der Waals surface area (Å²) in [5.41, 5.74) is 13.0. The van der Waals surface area contributed by atoms with Crippen molar-refractivity contribution in [1.82, 2.24) is 14.9 Å². The minimum Gasteiger partial charge on any atom is -0.383 e. The van der Waals surface area contributed by atoms with E-state index in [0.29, 0.717) is 24.7 Å². The highest BCUT2D eigenvalue weighted by molar-refractivity contribution is 5.98. The SMILES string of the molecule is CCN(c1cc(C(=O)CCc2c(C)cc(C)nc2N)cc(-c2ccc(N3CCN(C)CC3)nc2)c1)C1CCOCC1. The van der Waals surface area contributed by atoms with E-state index in [1.807, 2.05) is 32.2 Å². The number of aromatic nitrogens is 2. The van der Waals surface area contributed by atoms with E-state index < -0.39 is 0 Å². The summed E-state index contributed by atoms with van der Waals surface area (Å²) in [6.45, 7) is 12.6. The van der Waals surface area contributed by atoms with E-state index >= 15 is 0 Å². The van der Waals surface area contributed by atoms with E-state index in [0.717, 1.165) is 104 Å². The van der Waals surface area contributed by atoms with Gasteiger partial charge in [0.25, 0.3) is 0 Å². The van der Waals surface area contributed by atoms with Crippen LogP contribution in [0, 0.1) is 13.8 Å². The number of nitrogens with zero attached hydrogens (tertiary/aromatic N) is 5. The third-order valence-electron chi connectivity index (χ3n) is 8.56. The first-order chi connectivity index (χ1) is 19.8. The smallest absolute Gasteiger partial charge is 0.163 e. The normalized spacial score (nSPS) is 16.6. The summed E-state index contributed by atoms with van der Waals surface area (Å²) in [7, 11) is 2.16. The molecule has 2 aromatic heterocycles. The molecule has 0 saturated carbocycles. The van der Waals surface area contributed by atoms with Gasteiger partial charge in [0.2, 0.25) is 0 Å². The molecule has 2 N–H and O–H groups in total. The van der Waals surface area contributed by atoms with E-state index in [4.69, 9.17) is 15.5 Å². The molecule has 2 aliphatic rings. The third kappa shape index (κ3) is 6.88. The standard InChI is InChI=1S/C33H44N6O2/c1-5-39(28-10-16-41-17-11-28)29-20-26(25-6-9-32(35-22-25)38-14-12-37(4)13-15-38)19-27(21-29)31(40)8-7-30-23(2)18-24(3)36-33(30)34/h6,9,18-22,28H,5,7-8,10-17H2,1-4H3,(H2,34,36). The summed E-state index contributed by atoms with van der Waals surface area (Å²) in [5, 5.41) is 0. The molecule has 41 heavy (non-hydrogen) atoms. The lowest BCUT2D eigenvalue weighted by atomic mass is 9.96. The number of hydrogen-bond acceptors (Lipinski definition) is 8. The molecular formula is C33H44N6O2. The second-order valence-electron chi connectivity index (χ2n) is 11.5. The van der Waals surface area contributed by atoms with Crippen molar-refractivity contribution in [2.24, 2.45) is 0 Å². The number of ketones is 1. The number of pyridine rings is 2. The molecule has 2 aliphatic heterocycles. The maximum atomic E-state index is 13.7. The van der Waals surface area contributed by atoms with Crippen molar-refractivity contribution < 1.29 is 9.53 Å². The number of carbonyl (C=O) groups is 1. The Hall–Kier alpha value is -3.49. The number of rotatable bonds is 9. The number of nitrogens with two attached hydrogens (primary N) is 1. The number of benzene rings is 1. The highest BCUT2D eigenvalue weighted by Crippen LogP contribution is 2.31. The Morgan fingerprint density at radius 1 is 1.05 bits per heavy atom. The predicted octanol–water partition coefficient (Wildman–Crippen LogP) is 4.92. The van der Waals surface area contributed by atoms with Gasteiger partial charge in [-0.15, -0.1) is 0 Å². The van der Waals surface area contributed by atoms with Crippen LogP contribution >= 0.6 is 0 Å². The number of ether oxygens (including phenoxy) is 1. The minimum atomic E-state index is 0.109. The van der Waals surface area contributed by atoms with Gasteiger partial charge in [0.15, 0.2) is 5.78 Å². The predicted molar refractivity (Wildman–Crippen MR) is 167 cm³/mol. The first-order valence-electron chi connectivity index (χ1n) is 15.0. The molecule has 2 fully saturated rings. The lowest BCUT2D eigenvalue weighted by Gasteiger charge is -2.36. The number of Topliss-reactive ketones (excluding diaryl/α,β-unsaturated/α-hetero) is 1. The number of likely N-dealkylation sites (N-methyl/N-ethyl adjacent to an activating group) is 1. The molecule has 0 bridgehead atoms. The molecule has 0 atom stereocenters. The highest BCUT2D eigenvalue weighted by Gasteiger charge is 2.23. The summed E-state index contributed by atoms with van der Waals surface area (Å²) in [6, 6.07) is 13.0. The van der Waals surface area contributed by atoms with Gasteiger partial charge in [0.05, 0.1) is 0 Å². The lowest BCUT2D eigenvalue weighted by Crippen LogP contribution is -2.44. The number of hydrogen-bond donors (Lipinski definition) is 1. The Labute approximate surface area is 244 Å². The van der Waals surface area contributed by atoms with E-state index in [2.05, 4.69) is 57.9 Å². The number of nitrogen functional groups attached to an aromatic ring is 1. The Morgan fingerprint density at radius 2 is 1.80 bits per heavy atom. The van der Waals surface area contributed by atoms with Gasteiger partial charge < -0.3 is 25.2 Å². The Morgan fingerprint density at radius 3 is 2.46 bits per heavy atom. The van der Waals surface area contributed by atoms with Gasteiger partial charge in [-0.1, -0.05) is 0 Å². The Balaban J connectivity index is 1.44. The second-order valence-corrected chi connectivity index (χ2v) is 11.5. The Bertz CT molecular complexity index is 1320. The molecule has 5 rings (SSSR count). The van der Waals surface area contributed by atoms with Crippen molar-refractivity contribution in [3.8, 4) is 11.1 Å². The monoisotopic (exact) mass is 556 g/mol. The van der Waals surface area contributed by atoms with Crippen molar-refractivity contribution in [3.63, 3.8) is 0 Å². The summed E-state index contributed by atoms with van der Waals surface area (Å²) in [5.74, 6) is 1.64. The molecule has 0 spiro atoms. The van der Waals surface area contributed by atoms with Crippen molar-refractivity contribution in [2.45, 2.75) is 52.5 Å². The molecule has 0 unspecified atom stereocenters. The quantitative estimate of drug-likeness (QED) is 0.372. The molecule has 8 nitrogen and oxygen atoms in total. The fourth-order valence-electron chi connectivity index (χ4n) is 6.13. The number of piperazine rings is 1. The molecule has 0 aliphatic carbocycles. The van der Waals surface area contributed by atoms with Crippen LogP contribution in [0.15, 0.2) is 42.6 Å². The van der Waals surface area contributed by atoms with Crippen molar-refractivity contribution in [3.05, 3.63) is 65.0 Å². The molecule has 2 saturated heterocycles. The van der Waals surface area contributed by atoms with Crippen LogP contribution in [0.1, 0.15) is 53.4 Å². The average Bonchev–Trinajstić information content (AvgIpc) is 2.98. The third-order valence-corrected chi connectivity index (χ3v) is 8.56. The molecule has 4 heterocycles. The van der Waals surface area contributed by atoms with Crippen molar-refractivity contribution >= 4 is 23.1 Å². The van der Waals surface area contributed by atoms with Crippen LogP contribution in [0.5, 0.6) is 0 Å². The molecule has 8 heteroatoms. The fraction of sp³-hybridized carbons (Fsp3) is 0.485. The molecule has 1 aromatic carbocycles. The largest absolute Gasteiger partial charge is 0.383 e. The number of aryl methyl sites for hydroxylation is 2. The summed E-state index contributed by atoms with van der Waals surface area (Å²) >= 11 is 0. The van der Waals surface area contributed by atoms with Gasteiger partial charge in [-0.2, -0.15) is 0 Å². The summed E-state index contributed by atoms with van der Waals surface area (Å²) in [6.07, 6.45) is 4.88.